The summed E-state index contributed by atoms with van der Waals surface area (Å²) < 4.78 is 5.53. The van der Waals surface area contributed by atoms with Crippen LogP contribution in [0.1, 0.15) is 0 Å². The minimum absolute atomic E-state index is 0.0239. The largest absolute Gasteiger partial charge is 0.503 e. The van der Waals surface area contributed by atoms with E-state index < -0.39 is 5.63 Å². The van der Waals surface area contributed by atoms with Crippen LogP contribution in [0.4, 0.5) is 0 Å². The molecule has 0 aliphatic heterocycles. The summed E-state index contributed by atoms with van der Waals surface area (Å²) in [6.45, 7) is 0. The van der Waals surface area contributed by atoms with E-state index in [1.54, 1.807) is 18.2 Å². The van der Waals surface area contributed by atoms with E-state index in [1.165, 1.54) is 6.07 Å². The number of phenols is 1. The van der Waals surface area contributed by atoms with Gasteiger partial charge in [0.25, 0.3) is 0 Å². The van der Waals surface area contributed by atoms with Crippen molar-refractivity contribution in [3.8, 4) is 5.75 Å². The average molecular weight is 288 g/mol. The number of benzene rings is 1. The van der Waals surface area contributed by atoms with Gasteiger partial charge in [0.1, 0.15) is 0 Å². The van der Waals surface area contributed by atoms with Crippen molar-refractivity contribution < 1.29 is 9.52 Å². The third kappa shape index (κ3) is 1.41. The maximum Gasteiger partial charge on any atom is 0.336 e. The normalized spacial score (nSPS) is 10.5. The molecule has 0 aliphatic carbocycles. The maximum absolute atomic E-state index is 10.9. The molecule has 0 saturated heterocycles. The first-order chi connectivity index (χ1) is 6.18. The SMILES string of the molecule is O=c1ccc2ccc(I)c(O)c2o1. The van der Waals surface area contributed by atoms with Crippen molar-refractivity contribution in [3.05, 3.63) is 38.3 Å². The van der Waals surface area contributed by atoms with E-state index in [2.05, 4.69) is 0 Å². The first-order valence-corrected chi connectivity index (χ1v) is 4.68. The van der Waals surface area contributed by atoms with Gasteiger partial charge in [-0.2, -0.15) is 0 Å². The van der Waals surface area contributed by atoms with Crippen molar-refractivity contribution in [3.63, 3.8) is 0 Å². The van der Waals surface area contributed by atoms with Crippen molar-refractivity contribution in [2.75, 3.05) is 0 Å². The van der Waals surface area contributed by atoms with Gasteiger partial charge in [0.15, 0.2) is 11.3 Å². The Morgan fingerprint density at radius 1 is 1.23 bits per heavy atom. The Kier molecular flexibility index (Phi) is 1.99. The van der Waals surface area contributed by atoms with Crippen LogP contribution in [0, 0.1) is 3.57 Å². The molecule has 66 valence electrons. The molecule has 0 saturated carbocycles. The summed E-state index contributed by atoms with van der Waals surface area (Å²) in [5, 5.41) is 10.3. The van der Waals surface area contributed by atoms with Crippen LogP contribution >= 0.6 is 22.6 Å². The molecule has 2 rings (SSSR count). The summed E-state index contributed by atoms with van der Waals surface area (Å²) in [5.41, 5.74) is -0.204. The fourth-order valence-electron chi connectivity index (χ4n) is 1.09. The van der Waals surface area contributed by atoms with Crippen LogP contribution in [0.2, 0.25) is 0 Å². The number of hydrogen-bond donors (Lipinski definition) is 1. The second kappa shape index (κ2) is 3.02. The molecule has 0 spiro atoms. The fraction of sp³-hybridized carbons (Fsp3) is 0. The average Bonchev–Trinajstić information content (AvgIpc) is 2.12. The topological polar surface area (TPSA) is 50.4 Å². The van der Waals surface area contributed by atoms with Gasteiger partial charge in [0.2, 0.25) is 0 Å². The van der Waals surface area contributed by atoms with Crippen molar-refractivity contribution in [1.29, 1.82) is 0 Å². The minimum Gasteiger partial charge on any atom is -0.503 e. The third-order valence-corrected chi connectivity index (χ3v) is 2.58. The van der Waals surface area contributed by atoms with E-state index in [-0.39, 0.29) is 11.3 Å². The molecular formula is C9H5IO3. The van der Waals surface area contributed by atoms with Crippen molar-refractivity contribution in [2.45, 2.75) is 0 Å². The van der Waals surface area contributed by atoms with Crippen molar-refractivity contribution >= 4 is 33.6 Å². The van der Waals surface area contributed by atoms with Crippen LogP contribution in [0.25, 0.3) is 11.0 Å². The van der Waals surface area contributed by atoms with E-state index in [0.29, 0.717) is 3.57 Å². The fourth-order valence-corrected chi connectivity index (χ4v) is 1.52. The number of rotatable bonds is 0. The van der Waals surface area contributed by atoms with Gasteiger partial charge in [-0.1, -0.05) is 0 Å². The zero-order valence-corrected chi connectivity index (χ0v) is 8.61. The van der Waals surface area contributed by atoms with Crippen LogP contribution in [0.3, 0.4) is 0 Å². The van der Waals surface area contributed by atoms with Gasteiger partial charge >= 0.3 is 5.63 Å². The lowest BCUT2D eigenvalue weighted by atomic mass is 10.2. The molecule has 13 heavy (non-hydrogen) atoms. The van der Waals surface area contributed by atoms with E-state index >= 15 is 0 Å². The number of aromatic hydroxyl groups is 1. The molecule has 0 bridgehead atoms. The third-order valence-electron chi connectivity index (χ3n) is 1.71. The van der Waals surface area contributed by atoms with Gasteiger partial charge in [0.05, 0.1) is 3.57 Å². The number of hydrogen-bond acceptors (Lipinski definition) is 3. The van der Waals surface area contributed by atoms with Crippen molar-refractivity contribution in [2.24, 2.45) is 0 Å². The second-order valence-electron chi connectivity index (χ2n) is 2.57. The van der Waals surface area contributed by atoms with E-state index in [9.17, 15) is 9.90 Å². The molecule has 1 N–H and O–H groups in total. The lowest BCUT2D eigenvalue weighted by Crippen LogP contribution is -1.94. The maximum atomic E-state index is 10.9. The Hall–Kier alpha value is -1.04. The number of fused-ring (bicyclic) bond motifs is 1. The predicted molar refractivity (Wildman–Crippen MR) is 56.9 cm³/mol. The Bertz CT molecular complexity index is 516. The highest BCUT2D eigenvalue weighted by Gasteiger charge is 2.05. The molecule has 2 aromatic rings. The molecule has 1 aromatic heterocycles. The molecule has 0 fully saturated rings. The molecule has 0 amide bonds. The quantitative estimate of drug-likeness (QED) is 0.596. The Labute approximate surface area is 87.1 Å². The monoisotopic (exact) mass is 288 g/mol. The smallest absolute Gasteiger partial charge is 0.336 e. The molecule has 0 aliphatic rings. The van der Waals surface area contributed by atoms with Gasteiger partial charge in [-0.25, -0.2) is 4.79 Å². The predicted octanol–water partition coefficient (Wildman–Crippen LogP) is 2.10. The van der Waals surface area contributed by atoms with Gasteiger partial charge in [-0.15, -0.1) is 0 Å². The summed E-state index contributed by atoms with van der Waals surface area (Å²) >= 11 is 1.97. The van der Waals surface area contributed by atoms with Crippen LogP contribution in [0.15, 0.2) is 33.5 Å². The highest BCUT2D eigenvalue weighted by molar-refractivity contribution is 14.1. The standard InChI is InChI=1S/C9H5IO3/c10-6-3-1-5-2-4-7(11)13-9(5)8(6)12/h1-4,12H. The Morgan fingerprint density at radius 2 is 1.92 bits per heavy atom. The summed E-state index contributed by atoms with van der Waals surface area (Å²) in [6.07, 6.45) is 0. The van der Waals surface area contributed by atoms with Crippen LogP contribution in [0.5, 0.6) is 5.75 Å². The van der Waals surface area contributed by atoms with Crippen LogP contribution < -0.4 is 5.63 Å². The summed E-state index contributed by atoms with van der Waals surface area (Å²) in [4.78, 5) is 10.9. The molecule has 0 radical (unpaired) electrons. The van der Waals surface area contributed by atoms with E-state index in [0.717, 1.165) is 5.39 Å². The molecule has 4 heteroatoms. The molecule has 0 unspecified atom stereocenters. The lowest BCUT2D eigenvalue weighted by molar-refractivity contribution is 0.454. The van der Waals surface area contributed by atoms with E-state index in [4.69, 9.17) is 4.42 Å². The van der Waals surface area contributed by atoms with Gasteiger partial charge in [0, 0.05) is 11.5 Å². The van der Waals surface area contributed by atoms with Crippen LogP contribution in [-0.2, 0) is 0 Å². The molecular weight excluding hydrogens is 283 g/mol. The second-order valence-corrected chi connectivity index (χ2v) is 3.73. The highest BCUT2D eigenvalue weighted by Crippen LogP contribution is 2.28. The number of halogens is 1. The molecule has 0 atom stereocenters. The molecule has 3 nitrogen and oxygen atoms in total. The number of phenolic OH excluding ortho intramolecular Hbond substituents is 1. The first-order valence-electron chi connectivity index (χ1n) is 3.60. The highest BCUT2D eigenvalue weighted by atomic mass is 127. The van der Waals surface area contributed by atoms with Crippen LogP contribution in [-0.4, -0.2) is 5.11 Å². The van der Waals surface area contributed by atoms with Gasteiger partial charge in [-0.05, 0) is 40.8 Å². The summed E-state index contributed by atoms with van der Waals surface area (Å²) in [7, 11) is 0. The van der Waals surface area contributed by atoms with Crippen molar-refractivity contribution in [1.82, 2.24) is 0 Å². The first kappa shape index (κ1) is 8.55. The Morgan fingerprint density at radius 3 is 2.69 bits per heavy atom. The zero-order chi connectivity index (χ0) is 9.42. The summed E-state index contributed by atoms with van der Waals surface area (Å²) in [5.74, 6) is 0.0239. The molecule has 1 aromatic carbocycles. The zero-order valence-electron chi connectivity index (χ0n) is 6.45. The van der Waals surface area contributed by atoms with Gasteiger partial charge in [-0.3, -0.25) is 0 Å². The molecule has 1 heterocycles. The Balaban J connectivity index is 2.97. The minimum atomic E-state index is -0.454. The van der Waals surface area contributed by atoms with Gasteiger partial charge < -0.3 is 9.52 Å². The summed E-state index contributed by atoms with van der Waals surface area (Å²) in [6, 6.07) is 6.50. The van der Waals surface area contributed by atoms with E-state index in [1.807, 2.05) is 22.6 Å². The lowest BCUT2D eigenvalue weighted by Gasteiger charge is -1.99.